The number of benzene rings is 1. The van der Waals surface area contributed by atoms with Crippen LogP contribution in [0.2, 0.25) is 0 Å². The van der Waals surface area contributed by atoms with Gasteiger partial charge in [-0.2, -0.15) is 0 Å². The van der Waals surface area contributed by atoms with Gasteiger partial charge < -0.3 is 5.32 Å². The van der Waals surface area contributed by atoms with Gasteiger partial charge in [0.15, 0.2) is 5.78 Å². The van der Waals surface area contributed by atoms with E-state index in [1.54, 1.807) is 6.07 Å². The highest BCUT2D eigenvalue weighted by molar-refractivity contribution is 6.30. The van der Waals surface area contributed by atoms with E-state index in [1.165, 1.54) is 0 Å². The van der Waals surface area contributed by atoms with Crippen LogP contribution in [0.5, 0.6) is 0 Å². The molecule has 0 bridgehead atoms. The number of halogens is 1. The minimum atomic E-state index is -0.101. The van der Waals surface area contributed by atoms with Crippen LogP contribution in [0.25, 0.3) is 0 Å². The Morgan fingerprint density at radius 2 is 2.27 bits per heavy atom. The van der Waals surface area contributed by atoms with Crippen molar-refractivity contribution in [2.45, 2.75) is 13.3 Å². The highest BCUT2D eigenvalue weighted by Crippen LogP contribution is 2.26. The highest BCUT2D eigenvalue weighted by Gasteiger charge is 2.20. The molecule has 15 heavy (non-hydrogen) atoms. The van der Waals surface area contributed by atoms with Crippen LogP contribution < -0.4 is 5.32 Å². The topological polar surface area (TPSA) is 46.2 Å². The van der Waals surface area contributed by atoms with Gasteiger partial charge >= 0.3 is 0 Å². The SMILES string of the molecule is Cc1cc2c(cc1C(=O)CCl)CC(=O)N2. The standard InChI is InChI=1S/C11H10ClNO2/c1-6-2-9-7(4-11(15)13-9)3-8(6)10(14)5-12/h2-3H,4-5H2,1H3,(H,13,15). The summed E-state index contributed by atoms with van der Waals surface area (Å²) in [5.74, 6) is -0.155. The van der Waals surface area contributed by atoms with Crippen LogP contribution in [0.4, 0.5) is 5.69 Å². The Hall–Kier alpha value is -1.35. The summed E-state index contributed by atoms with van der Waals surface area (Å²) in [6.45, 7) is 1.84. The van der Waals surface area contributed by atoms with E-state index >= 15 is 0 Å². The Balaban J connectivity index is 2.48. The molecule has 1 amide bonds. The molecule has 0 aliphatic carbocycles. The number of Topliss-reactive ketones (excluding diaryl/α,β-unsaturated/α-hetero) is 1. The first-order chi connectivity index (χ1) is 7.11. The summed E-state index contributed by atoms with van der Waals surface area (Å²) in [5, 5.41) is 2.74. The van der Waals surface area contributed by atoms with E-state index in [1.807, 2.05) is 13.0 Å². The van der Waals surface area contributed by atoms with Crippen molar-refractivity contribution in [1.29, 1.82) is 0 Å². The second-order valence-electron chi connectivity index (χ2n) is 3.61. The molecule has 0 atom stereocenters. The van der Waals surface area contributed by atoms with E-state index in [2.05, 4.69) is 5.32 Å². The number of hydrogen-bond donors (Lipinski definition) is 1. The summed E-state index contributed by atoms with van der Waals surface area (Å²) in [6.07, 6.45) is 0.345. The van der Waals surface area contributed by atoms with Crippen LogP contribution in [0.15, 0.2) is 12.1 Å². The first-order valence-electron chi connectivity index (χ1n) is 4.64. The summed E-state index contributed by atoms with van der Waals surface area (Å²) in [7, 11) is 0. The third-order valence-corrected chi connectivity index (χ3v) is 2.74. The Bertz CT molecular complexity index is 454. The van der Waals surface area contributed by atoms with Crippen LogP contribution >= 0.6 is 11.6 Å². The summed E-state index contributed by atoms with van der Waals surface area (Å²) < 4.78 is 0. The van der Waals surface area contributed by atoms with Crippen molar-refractivity contribution < 1.29 is 9.59 Å². The molecule has 4 heteroatoms. The monoisotopic (exact) mass is 223 g/mol. The molecule has 3 nitrogen and oxygen atoms in total. The van der Waals surface area contributed by atoms with Crippen LogP contribution in [-0.4, -0.2) is 17.6 Å². The molecule has 2 rings (SSSR count). The van der Waals surface area contributed by atoms with E-state index in [9.17, 15) is 9.59 Å². The molecule has 1 aliphatic heterocycles. The molecule has 0 saturated carbocycles. The Kier molecular flexibility index (Phi) is 2.49. The maximum atomic E-state index is 11.5. The molecular formula is C11H10ClNO2. The number of hydrogen-bond acceptors (Lipinski definition) is 2. The maximum Gasteiger partial charge on any atom is 0.228 e. The summed E-state index contributed by atoms with van der Waals surface area (Å²) in [4.78, 5) is 22.6. The summed E-state index contributed by atoms with van der Waals surface area (Å²) >= 11 is 5.51. The Morgan fingerprint density at radius 1 is 1.53 bits per heavy atom. The molecule has 0 radical (unpaired) electrons. The van der Waals surface area contributed by atoms with Crippen molar-refractivity contribution in [2.24, 2.45) is 0 Å². The lowest BCUT2D eigenvalue weighted by atomic mass is 10.0. The van der Waals surface area contributed by atoms with Crippen molar-refractivity contribution >= 4 is 29.0 Å². The molecule has 0 spiro atoms. The zero-order valence-corrected chi connectivity index (χ0v) is 9.02. The van der Waals surface area contributed by atoms with Crippen molar-refractivity contribution in [3.05, 3.63) is 28.8 Å². The van der Waals surface area contributed by atoms with Crippen LogP contribution in [0.3, 0.4) is 0 Å². The molecule has 0 aromatic heterocycles. The predicted octanol–water partition coefficient (Wildman–Crippen LogP) is 1.91. The van der Waals surface area contributed by atoms with Gasteiger partial charge in [-0.05, 0) is 30.2 Å². The smallest absolute Gasteiger partial charge is 0.228 e. The third kappa shape index (κ3) is 1.75. The van der Waals surface area contributed by atoms with Gasteiger partial charge in [0, 0.05) is 11.3 Å². The first kappa shape index (κ1) is 10.2. The van der Waals surface area contributed by atoms with E-state index in [4.69, 9.17) is 11.6 Å². The average Bonchev–Trinajstić information content (AvgIpc) is 2.55. The molecule has 0 saturated heterocycles. The van der Waals surface area contributed by atoms with Gasteiger partial charge in [-0.15, -0.1) is 11.6 Å². The molecule has 1 aromatic rings. The minimum Gasteiger partial charge on any atom is -0.326 e. The lowest BCUT2D eigenvalue weighted by Crippen LogP contribution is -2.04. The first-order valence-corrected chi connectivity index (χ1v) is 5.18. The number of alkyl halides is 1. The van der Waals surface area contributed by atoms with Gasteiger partial charge in [-0.25, -0.2) is 0 Å². The Labute approximate surface area is 92.4 Å². The number of anilines is 1. The number of amides is 1. The van der Waals surface area contributed by atoms with Gasteiger partial charge in [0.2, 0.25) is 5.91 Å². The van der Waals surface area contributed by atoms with E-state index < -0.39 is 0 Å². The van der Waals surface area contributed by atoms with E-state index in [0.29, 0.717) is 12.0 Å². The minimum absolute atomic E-state index is 0.0268. The normalized spacial score (nSPS) is 13.6. The van der Waals surface area contributed by atoms with E-state index in [0.717, 1.165) is 16.8 Å². The number of rotatable bonds is 2. The van der Waals surface area contributed by atoms with Crippen LogP contribution in [0, 0.1) is 6.92 Å². The molecule has 1 heterocycles. The van der Waals surface area contributed by atoms with Gasteiger partial charge in [0.05, 0.1) is 12.3 Å². The fourth-order valence-corrected chi connectivity index (χ4v) is 1.90. The largest absolute Gasteiger partial charge is 0.326 e. The Morgan fingerprint density at radius 3 is 2.93 bits per heavy atom. The summed E-state index contributed by atoms with van der Waals surface area (Å²) in [6, 6.07) is 3.58. The number of carbonyl (C=O) groups is 2. The zero-order chi connectivity index (χ0) is 11.0. The number of aryl methyl sites for hydroxylation is 1. The zero-order valence-electron chi connectivity index (χ0n) is 8.26. The lowest BCUT2D eigenvalue weighted by molar-refractivity contribution is -0.115. The second-order valence-corrected chi connectivity index (χ2v) is 3.87. The van der Waals surface area contributed by atoms with Crippen molar-refractivity contribution in [2.75, 3.05) is 11.2 Å². The number of carbonyl (C=O) groups excluding carboxylic acids is 2. The predicted molar refractivity (Wildman–Crippen MR) is 58.6 cm³/mol. The van der Waals surface area contributed by atoms with Crippen molar-refractivity contribution in [3.63, 3.8) is 0 Å². The van der Waals surface area contributed by atoms with E-state index in [-0.39, 0.29) is 17.6 Å². The van der Waals surface area contributed by atoms with Gasteiger partial charge in [0.25, 0.3) is 0 Å². The fraction of sp³-hybridized carbons (Fsp3) is 0.273. The van der Waals surface area contributed by atoms with Gasteiger partial charge in [0.1, 0.15) is 0 Å². The number of fused-ring (bicyclic) bond motifs is 1. The maximum absolute atomic E-state index is 11.5. The number of ketones is 1. The molecule has 78 valence electrons. The van der Waals surface area contributed by atoms with Crippen molar-refractivity contribution in [1.82, 2.24) is 0 Å². The van der Waals surface area contributed by atoms with Crippen molar-refractivity contribution in [3.8, 4) is 0 Å². The molecule has 1 aliphatic rings. The quantitative estimate of drug-likeness (QED) is 0.615. The number of nitrogens with one attached hydrogen (secondary N) is 1. The second kappa shape index (κ2) is 3.66. The summed E-state index contributed by atoms with van der Waals surface area (Å²) in [5.41, 5.74) is 3.14. The molecule has 0 unspecified atom stereocenters. The highest BCUT2D eigenvalue weighted by atomic mass is 35.5. The lowest BCUT2D eigenvalue weighted by Gasteiger charge is -2.06. The molecular weight excluding hydrogens is 214 g/mol. The third-order valence-electron chi connectivity index (χ3n) is 2.50. The van der Waals surface area contributed by atoms with Gasteiger partial charge in [-0.3, -0.25) is 9.59 Å². The van der Waals surface area contributed by atoms with Crippen LogP contribution in [-0.2, 0) is 11.2 Å². The fourth-order valence-electron chi connectivity index (χ4n) is 1.76. The van der Waals surface area contributed by atoms with Gasteiger partial charge in [-0.1, -0.05) is 0 Å². The molecule has 0 fully saturated rings. The molecule has 1 N–H and O–H groups in total. The average molecular weight is 224 g/mol. The van der Waals surface area contributed by atoms with Crippen LogP contribution in [0.1, 0.15) is 21.5 Å². The molecule has 1 aromatic carbocycles.